The van der Waals surface area contributed by atoms with E-state index in [0.717, 1.165) is 35.6 Å². The summed E-state index contributed by atoms with van der Waals surface area (Å²) in [4.78, 5) is 2.46. The van der Waals surface area contributed by atoms with Crippen molar-refractivity contribution in [2.75, 3.05) is 26.2 Å². The van der Waals surface area contributed by atoms with Gasteiger partial charge in [0.05, 0.1) is 0 Å². The van der Waals surface area contributed by atoms with Gasteiger partial charge in [-0.1, -0.05) is 0 Å². The summed E-state index contributed by atoms with van der Waals surface area (Å²) in [6, 6.07) is 25.5. The molecule has 2 heterocycles. The zero-order valence-corrected chi connectivity index (χ0v) is 20.1. The Morgan fingerprint density at radius 2 is 1.30 bits per heavy atom. The van der Waals surface area contributed by atoms with Gasteiger partial charge in [-0.2, -0.15) is 0 Å². The van der Waals surface area contributed by atoms with Crippen LogP contribution in [-0.2, 0) is 0 Å². The Morgan fingerprint density at radius 1 is 0.727 bits per heavy atom. The molecule has 1 saturated heterocycles. The summed E-state index contributed by atoms with van der Waals surface area (Å²) in [5.74, 6) is 1.45. The summed E-state index contributed by atoms with van der Waals surface area (Å²) in [5.41, 5.74) is 4.60. The van der Waals surface area contributed by atoms with Crippen LogP contribution in [0, 0.1) is 0 Å². The second-order valence-electron chi connectivity index (χ2n) is 8.37. The molecule has 5 rings (SSSR count). The van der Waals surface area contributed by atoms with Gasteiger partial charge in [0, 0.05) is 0 Å². The molecule has 33 heavy (non-hydrogen) atoms. The van der Waals surface area contributed by atoms with Gasteiger partial charge in [-0.15, -0.1) is 0 Å². The maximum atomic E-state index is 9.74. The van der Waals surface area contributed by atoms with Gasteiger partial charge in [-0.3, -0.25) is 0 Å². The van der Waals surface area contributed by atoms with Crippen LogP contribution in [0.15, 0.2) is 78.9 Å². The first-order valence-electron chi connectivity index (χ1n) is 11.3. The second kappa shape index (κ2) is 9.88. The molecule has 0 radical (unpaired) electrons. The Labute approximate surface area is 200 Å². The average Bonchev–Trinajstić information content (AvgIpc) is 3.51. The van der Waals surface area contributed by atoms with Crippen molar-refractivity contribution in [3.8, 4) is 48.4 Å². The molecule has 168 valence electrons. The van der Waals surface area contributed by atoms with E-state index >= 15 is 0 Å². The van der Waals surface area contributed by atoms with Crippen molar-refractivity contribution in [3.05, 3.63) is 78.9 Å². The molecule has 0 unspecified atom stereocenters. The summed E-state index contributed by atoms with van der Waals surface area (Å²) >= 11 is 0.105. The molecule has 4 aromatic rings. The first kappa shape index (κ1) is 21.8. The minimum absolute atomic E-state index is 0.105. The fourth-order valence-corrected chi connectivity index (χ4v) is 6.73. The van der Waals surface area contributed by atoms with Crippen molar-refractivity contribution in [3.63, 3.8) is 0 Å². The van der Waals surface area contributed by atoms with Crippen molar-refractivity contribution < 1.29 is 14.9 Å². The summed E-state index contributed by atoms with van der Waals surface area (Å²) in [6.45, 7) is 4.08. The van der Waals surface area contributed by atoms with Gasteiger partial charge in [-0.05, 0) is 0 Å². The standard InChI is InChI=1S/C28H27NO3Se/c30-23-9-3-21(4-10-23)27-19-26(28(33-27)22-5-11-24(31)12-6-22)20-7-13-25(14-8-20)32-18-17-29-15-1-2-16-29/h3-14,19,30-31H,1-2,15-18H2. The molecule has 0 spiro atoms. The molecule has 4 nitrogen and oxygen atoms in total. The van der Waals surface area contributed by atoms with E-state index in [2.05, 4.69) is 35.2 Å². The number of hydrogen-bond donors (Lipinski definition) is 2. The van der Waals surface area contributed by atoms with Gasteiger partial charge in [0.25, 0.3) is 0 Å². The summed E-state index contributed by atoms with van der Waals surface area (Å²) < 4.78 is 8.55. The first-order chi connectivity index (χ1) is 16.2. The van der Waals surface area contributed by atoms with E-state index in [1.165, 1.54) is 40.4 Å². The van der Waals surface area contributed by atoms with Crippen molar-refractivity contribution in [1.82, 2.24) is 4.90 Å². The van der Waals surface area contributed by atoms with Crippen LogP contribution in [0.3, 0.4) is 0 Å². The Bertz CT molecular complexity index is 1190. The van der Waals surface area contributed by atoms with Crippen LogP contribution in [0.1, 0.15) is 12.8 Å². The summed E-state index contributed by atoms with van der Waals surface area (Å²) in [5, 5.41) is 19.4. The van der Waals surface area contributed by atoms with Crippen molar-refractivity contribution >= 4 is 14.5 Å². The van der Waals surface area contributed by atoms with E-state index in [9.17, 15) is 10.2 Å². The number of rotatable bonds is 7. The van der Waals surface area contributed by atoms with Crippen LogP contribution < -0.4 is 4.74 Å². The number of aromatic hydroxyl groups is 2. The van der Waals surface area contributed by atoms with E-state index in [1.54, 1.807) is 24.3 Å². The summed E-state index contributed by atoms with van der Waals surface area (Å²) in [7, 11) is 0. The SMILES string of the molecule is Oc1ccc(-c2cc(-c3ccc(OCCN4CCCC4)cc3)c(-c3ccc(O)cc3)[se]2)cc1. The zero-order valence-electron chi connectivity index (χ0n) is 18.4. The van der Waals surface area contributed by atoms with Crippen LogP contribution in [0.25, 0.3) is 31.1 Å². The van der Waals surface area contributed by atoms with Crippen LogP contribution in [0.2, 0.25) is 0 Å². The van der Waals surface area contributed by atoms with Gasteiger partial charge < -0.3 is 0 Å². The average molecular weight is 504 g/mol. The number of ether oxygens (including phenoxy) is 1. The normalized spacial score (nSPS) is 13.9. The Morgan fingerprint density at radius 3 is 1.94 bits per heavy atom. The predicted molar refractivity (Wildman–Crippen MR) is 134 cm³/mol. The molecule has 5 heteroatoms. The van der Waals surface area contributed by atoms with Crippen LogP contribution >= 0.6 is 0 Å². The fraction of sp³-hybridized carbons (Fsp3) is 0.214. The number of phenols is 2. The van der Waals surface area contributed by atoms with Gasteiger partial charge in [0.2, 0.25) is 0 Å². The van der Waals surface area contributed by atoms with Gasteiger partial charge in [0.1, 0.15) is 0 Å². The molecule has 2 N–H and O–H groups in total. The molecule has 0 amide bonds. The van der Waals surface area contributed by atoms with Crippen LogP contribution in [-0.4, -0.2) is 55.9 Å². The molecule has 1 aliphatic rings. The Balaban J connectivity index is 1.41. The topological polar surface area (TPSA) is 52.9 Å². The molecule has 1 aromatic heterocycles. The third-order valence-electron chi connectivity index (χ3n) is 6.05. The molecule has 1 fully saturated rings. The number of hydrogen-bond acceptors (Lipinski definition) is 4. The molecule has 0 aliphatic carbocycles. The van der Waals surface area contributed by atoms with E-state index in [0.29, 0.717) is 0 Å². The van der Waals surface area contributed by atoms with Gasteiger partial charge in [-0.25, -0.2) is 0 Å². The minimum atomic E-state index is 0.105. The Kier molecular flexibility index (Phi) is 6.54. The Hall–Kier alpha value is -2.98. The fourth-order valence-electron chi connectivity index (χ4n) is 4.23. The maximum absolute atomic E-state index is 9.74. The molecule has 3 aromatic carbocycles. The number of benzene rings is 3. The van der Waals surface area contributed by atoms with Gasteiger partial charge >= 0.3 is 201 Å². The zero-order chi connectivity index (χ0) is 22.6. The number of phenolic OH excluding ortho intramolecular Hbond substituents is 2. The second-order valence-corrected chi connectivity index (χ2v) is 10.6. The molecular weight excluding hydrogens is 477 g/mol. The quantitative estimate of drug-likeness (QED) is 0.321. The molecule has 0 atom stereocenters. The molecule has 0 saturated carbocycles. The van der Waals surface area contributed by atoms with Crippen molar-refractivity contribution in [1.29, 1.82) is 0 Å². The number of nitrogens with zero attached hydrogens (tertiary/aromatic N) is 1. The van der Waals surface area contributed by atoms with E-state index in [-0.39, 0.29) is 26.0 Å². The van der Waals surface area contributed by atoms with E-state index in [1.807, 2.05) is 24.3 Å². The molecular formula is C28H27NO3Se. The summed E-state index contributed by atoms with van der Waals surface area (Å²) in [6.07, 6.45) is 2.60. The van der Waals surface area contributed by atoms with Crippen molar-refractivity contribution in [2.45, 2.75) is 12.8 Å². The van der Waals surface area contributed by atoms with Crippen LogP contribution in [0.5, 0.6) is 17.2 Å². The predicted octanol–water partition coefficient (Wildman–Crippen LogP) is 5.63. The molecule has 0 bridgehead atoms. The number of likely N-dealkylation sites (tertiary alicyclic amines) is 1. The van der Waals surface area contributed by atoms with Crippen molar-refractivity contribution in [2.24, 2.45) is 0 Å². The van der Waals surface area contributed by atoms with E-state index in [4.69, 9.17) is 4.74 Å². The van der Waals surface area contributed by atoms with Crippen LogP contribution in [0.4, 0.5) is 0 Å². The van der Waals surface area contributed by atoms with Gasteiger partial charge in [0.15, 0.2) is 0 Å². The monoisotopic (exact) mass is 505 g/mol. The third-order valence-corrected chi connectivity index (χ3v) is 8.64. The third kappa shape index (κ3) is 5.17. The first-order valence-corrected chi connectivity index (χ1v) is 13.1. The van der Waals surface area contributed by atoms with E-state index < -0.39 is 0 Å². The molecule has 1 aliphatic heterocycles.